The first-order valence-electron chi connectivity index (χ1n) is 20.8. The van der Waals surface area contributed by atoms with E-state index < -0.39 is 0 Å². The van der Waals surface area contributed by atoms with E-state index in [-0.39, 0.29) is 28.1 Å². The van der Waals surface area contributed by atoms with Crippen molar-refractivity contribution in [3.05, 3.63) is 137 Å². The molecular formula is C53H60N4O. The molecule has 0 fully saturated rings. The van der Waals surface area contributed by atoms with Crippen LogP contribution >= 0.6 is 0 Å². The van der Waals surface area contributed by atoms with Crippen molar-refractivity contribution in [3.8, 4) is 56.5 Å². The van der Waals surface area contributed by atoms with E-state index in [0.717, 1.165) is 50.5 Å². The first-order valence-corrected chi connectivity index (χ1v) is 20.8. The molecule has 1 N–H and O–H groups in total. The molecule has 0 saturated heterocycles. The summed E-state index contributed by atoms with van der Waals surface area (Å²) >= 11 is 0. The second-order valence-electron chi connectivity index (χ2n) is 19.7. The minimum Gasteiger partial charge on any atom is -0.507 e. The molecular weight excluding hydrogens is 709 g/mol. The van der Waals surface area contributed by atoms with Crippen LogP contribution in [0.4, 0.5) is 0 Å². The summed E-state index contributed by atoms with van der Waals surface area (Å²) in [6.45, 7) is 28.9. The van der Waals surface area contributed by atoms with Crippen LogP contribution in [0, 0.1) is 0 Å². The van der Waals surface area contributed by atoms with Crippen LogP contribution in [-0.2, 0) is 16.2 Å². The molecule has 0 aliphatic heterocycles. The summed E-state index contributed by atoms with van der Waals surface area (Å²) in [5, 5.41) is 12.0. The van der Waals surface area contributed by atoms with Gasteiger partial charge in [0.05, 0.1) is 22.6 Å². The average Bonchev–Trinajstić information content (AvgIpc) is 3.56. The SMILES string of the molecule is CC(C)c1cc(-c2ccccc2)cc(C(C)C)c1-n1c(-c2cccc(-c3cc(C(C)(C)C)cc(-c4cc(C(C)(C)C)cc(C(C)(C)C)c4O)n3)c2)nc2ncccc21. The molecule has 0 spiro atoms. The standard InChI is InChI=1S/C53H60N4O/c1-32(2)40-26-37(34-19-15-14-16-20-34)27-41(33(3)4)47(40)57-46-23-18-24-54-49(46)56-50(57)36-22-17-21-35(25-36)44-30-39(52(8,9)10)31-45(55-44)42-28-38(51(5,6)7)29-43(48(42)58)53(11,12)13/h14-33,58H,1-13H3. The highest BCUT2D eigenvalue weighted by atomic mass is 16.3. The number of fused-ring (bicyclic) bond motifs is 1. The van der Waals surface area contributed by atoms with Crippen molar-refractivity contribution >= 4 is 11.2 Å². The van der Waals surface area contributed by atoms with Crippen molar-refractivity contribution in [2.45, 2.75) is 118 Å². The smallest absolute Gasteiger partial charge is 0.178 e. The second kappa shape index (κ2) is 15.0. The molecule has 5 nitrogen and oxygen atoms in total. The molecule has 0 aliphatic carbocycles. The third kappa shape index (κ3) is 7.84. The number of aromatic nitrogens is 4. The molecule has 0 aliphatic rings. The zero-order valence-electron chi connectivity index (χ0n) is 36.8. The summed E-state index contributed by atoms with van der Waals surface area (Å²) in [6.07, 6.45) is 1.82. The fourth-order valence-corrected chi connectivity index (χ4v) is 7.85. The number of hydrogen-bond acceptors (Lipinski definition) is 4. The molecule has 0 radical (unpaired) electrons. The van der Waals surface area contributed by atoms with Gasteiger partial charge in [-0.15, -0.1) is 0 Å². The molecule has 0 unspecified atom stereocenters. The predicted molar refractivity (Wildman–Crippen MR) is 244 cm³/mol. The van der Waals surface area contributed by atoms with Crippen molar-refractivity contribution in [3.63, 3.8) is 0 Å². The molecule has 0 saturated carbocycles. The molecule has 5 heteroatoms. The lowest BCUT2D eigenvalue weighted by atomic mass is 9.78. The van der Waals surface area contributed by atoms with E-state index in [1.54, 1.807) is 0 Å². The van der Waals surface area contributed by atoms with Gasteiger partial charge < -0.3 is 5.11 Å². The van der Waals surface area contributed by atoms with Gasteiger partial charge in [0.2, 0.25) is 0 Å². The van der Waals surface area contributed by atoms with Gasteiger partial charge in [0.25, 0.3) is 0 Å². The Balaban J connectivity index is 1.47. The number of imidazole rings is 1. The van der Waals surface area contributed by atoms with Crippen LogP contribution in [0.1, 0.15) is 130 Å². The van der Waals surface area contributed by atoms with Crippen molar-refractivity contribution in [2.24, 2.45) is 0 Å². The fraction of sp³-hybridized carbons (Fsp3) is 0.340. The van der Waals surface area contributed by atoms with E-state index in [2.05, 4.69) is 192 Å². The van der Waals surface area contributed by atoms with Gasteiger partial charge in [-0.25, -0.2) is 15.0 Å². The first kappa shape index (κ1) is 40.6. The molecule has 0 atom stereocenters. The number of pyridine rings is 2. The van der Waals surface area contributed by atoms with Crippen molar-refractivity contribution in [2.75, 3.05) is 0 Å². The van der Waals surface area contributed by atoms with Crippen LogP contribution in [0.5, 0.6) is 5.75 Å². The van der Waals surface area contributed by atoms with Crippen LogP contribution in [0.3, 0.4) is 0 Å². The number of benzene rings is 4. The summed E-state index contributed by atoms with van der Waals surface area (Å²) in [6, 6.07) is 36.8. The van der Waals surface area contributed by atoms with Gasteiger partial charge in [-0.1, -0.05) is 145 Å². The van der Waals surface area contributed by atoms with Gasteiger partial charge in [-0.2, -0.15) is 0 Å². The maximum Gasteiger partial charge on any atom is 0.178 e. The molecule has 7 aromatic rings. The number of phenols is 1. The van der Waals surface area contributed by atoms with Crippen LogP contribution < -0.4 is 0 Å². The zero-order chi connectivity index (χ0) is 41.9. The van der Waals surface area contributed by atoms with E-state index >= 15 is 0 Å². The molecule has 3 heterocycles. The molecule has 7 rings (SSSR count). The number of nitrogens with zero attached hydrogens (tertiary/aromatic N) is 4. The Hall–Kier alpha value is -5.55. The number of rotatable bonds is 7. The lowest BCUT2D eigenvalue weighted by Crippen LogP contribution is -2.17. The maximum absolute atomic E-state index is 12.0. The lowest BCUT2D eigenvalue weighted by molar-refractivity contribution is 0.446. The normalized spacial score (nSPS) is 12.6. The predicted octanol–water partition coefficient (Wildman–Crippen LogP) is 14.3. The van der Waals surface area contributed by atoms with E-state index in [9.17, 15) is 5.11 Å². The van der Waals surface area contributed by atoms with E-state index in [0.29, 0.717) is 11.4 Å². The van der Waals surface area contributed by atoms with Crippen LogP contribution in [0.15, 0.2) is 109 Å². The molecule has 4 aromatic carbocycles. The van der Waals surface area contributed by atoms with Crippen molar-refractivity contribution in [1.82, 2.24) is 19.5 Å². The summed E-state index contributed by atoms with van der Waals surface area (Å²) in [5.74, 6) is 1.63. The van der Waals surface area contributed by atoms with Gasteiger partial charge in [0.15, 0.2) is 5.65 Å². The Kier molecular flexibility index (Phi) is 10.5. The summed E-state index contributed by atoms with van der Waals surface area (Å²) in [5.41, 5.74) is 14.8. The number of aromatic hydroxyl groups is 1. The fourth-order valence-electron chi connectivity index (χ4n) is 7.85. The van der Waals surface area contributed by atoms with Crippen LogP contribution in [0.2, 0.25) is 0 Å². The number of phenolic OH excluding ortho intramolecular Hbond substituents is 1. The molecule has 3 aromatic heterocycles. The molecule has 0 bridgehead atoms. The highest BCUT2D eigenvalue weighted by molar-refractivity contribution is 5.84. The minimum atomic E-state index is -0.258. The highest BCUT2D eigenvalue weighted by Crippen LogP contribution is 2.44. The Morgan fingerprint density at radius 2 is 1.12 bits per heavy atom. The van der Waals surface area contributed by atoms with Gasteiger partial charge in [0, 0.05) is 28.5 Å². The van der Waals surface area contributed by atoms with Gasteiger partial charge in [-0.05, 0) is 110 Å². The third-order valence-electron chi connectivity index (χ3n) is 11.3. The lowest BCUT2D eigenvalue weighted by Gasteiger charge is -2.28. The highest BCUT2D eigenvalue weighted by Gasteiger charge is 2.28. The van der Waals surface area contributed by atoms with Crippen molar-refractivity contribution in [1.29, 1.82) is 0 Å². The quantitative estimate of drug-likeness (QED) is 0.175. The summed E-state index contributed by atoms with van der Waals surface area (Å²) < 4.78 is 2.34. The molecule has 298 valence electrons. The molecule has 0 amide bonds. The monoisotopic (exact) mass is 768 g/mol. The average molecular weight is 769 g/mol. The first-order chi connectivity index (χ1) is 27.2. The largest absolute Gasteiger partial charge is 0.507 e. The third-order valence-corrected chi connectivity index (χ3v) is 11.3. The van der Waals surface area contributed by atoms with Gasteiger partial charge in [0.1, 0.15) is 11.6 Å². The van der Waals surface area contributed by atoms with Crippen LogP contribution in [-0.4, -0.2) is 24.6 Å². The Labute approximate surface area is 346 Å². The second-order valence-corrected chi connectivity index (χ2v) is 19.7. The zero-order valence-corrected chi connectivity index (χ0v) is 36.8. The van der Waals surface area contributed by atoms with Crippen LogP contribution in [0.25, 0.3) is 61.9 Å². The Morgan fingerprint density at radius 1 is 0.534 bits per heavy atom. The Morgan fingerprint density at radius 3 is 1.72 bits per heavy atom. The van der Waals surface area contributed by atoms with E-state index in [1.807, 2.05) is 12.3 Å². The minimum absolute atomic E-state index is 0.117. The number of hydrogen-bond donors (Lipinski definition) is 1. The maximum atomic E-state index is 12.0. The summed E-state index contributed by atoms with van der Waals surface area (Å²) in [4.78, 5) is 15.4. The van der Waals surface area contributed by atoms with Gasteiger partial charge in [-0.3, -0.25) is 4.57 Å². The van der Waals surface area contributed by atoms with Gasteiger partial charge >= 0.3 is 0 Å². The topological polar surface area (TPSA) is 63.8 Å². The van der Waals surface area contributed by atoms with E-state index in [4.69, 9.17) is 15.0 Å². The van der Waals surface area contributed by atoms with Crippen molar-refractivity contribution < 1.29 is 5.11 Å². The molecule has 58 heavy (non-hydrogen) atoms. The Bertz CT molecular complexity index is 2600. The summed E-state index contributed by atoms with van der Waals surface area (Å²) in [7, 11) is 0. The van der Waals surface area contributed by atoms with E-state index in [1.165, 1.54) is 33.5 Å².